The van der Waals surface area contributed by atoms with E-state index in [9.17, 15) is 0 Å². The SMILES string of the molecule is O/N=C1/CCCc2ccc(OCC3CCOCC3)cc21. The summed E-state index contributed by atoms with van der Waals surface area (Å²) >= 11 is 0. The Balaban J connectivity index is 1.68. The number of nitrogens with zero attached hydrogens (tertiary/aromatic N) is 1. The highest BCUT2D eigenvalue weighted by molar-refractivity contribution is 6.02. The first kappa shape index (κ1) is 13.4. The average molecular weight is 275 g/mol. The van der Waals surface area contributed by atoms with E-state index in [0.29, 0.717) is 5.92 Å². The molecule has 0 spiro atoms. The molecule has 3 rings (SSSR count). The molecule has 1 heterocycles. The van der Waals surface area contributed by atoms with Crippen LogP contribution in [0.3, 0.4) is 0 Å². The molecule has 1 fully saturated rings. The molecule has 0 atom stereocenters. The van der Waals surface area contributed by atoms with Gasteiger partial charge >= 0.3 is 0 Å². The third-order valence-corrected chi connectivity index (χ3v) is 4.20. The van der Waals surface area contributed by atoms with Gasteiger partial charge in [-0.15, -0.1) is 0 Å². The molecule has 0 saturated carbocycles. The summed E-state index contributed by atoms with van der Waals surface area (Å²) in [7, 11) is 0. The van der Waals surface area contributed by atoms with Gasteiger partial charge in [0, 0.05) is 18.8 Å². The minimum absolute atomic E-state index is 0.589. The number of aryl methyl sites for hydroxylation is 1. The lowest BCUT2D eigenvalue weighted by Gasteiger charge is -2.23. The third-order valence-electron chi connectivity index (χ3n) is 4.20. The second-order valence-electron chi connectivity index (χ2n) is 5.59. The topological polar surface area (TPSA) is 51.1 Å². The Labute approximate surface area is 119 Å². The lowest BCUT2D eigenvalue weighted by Crippen LogP contribution is -2.21. The molecule has 1 saturated heterocycles. The second kappa shape index (κ2) is 6.27. The van der Waals surface area contributed by atoms with Crippen molar-refractivity contribution in [2.24, 2.45) is 11.1 Å². The largest absolute Gasteiger partial charge is 0.493 e. The molecular formula is C16H21NO3. The highest BCUT2D eigenvalue weighted by Gasteiger charge is 2.18. The van der Waals surface area contributed by atoms with Crippen molar-refractivity contribution in [2.75, 3.05) is 19.8 Å². The Morgan fingerprint density at radius 1 is 1.25 bits per heavy atom. The number of oxime groups is 1. The molecule has 1 aromatic carbocycles. The fourth-order valence-corrected chi connectivity index (χ4v) is 2.94. The summed E-state index contributed by atoms with van der Waals surface area (Å²) < 4.78 is 11.3. The Morgan fingerprint density at radius 3 is 2.90 bits per heavy atom. The van der Waals surface area contributed by atoms with Crippen molar-refractivity contribution in [3.63, 3.8) is 0 Å². The number of hydrogen-bond donors (Lipinski definition) is 1. The summed E-state index contributed by atoms with van der Waals surface area (Å²) in [5.74, 6) is 1.46. The van der Waals surface area contributed by atoms with Gasteiger partial charge in [-0.1, -0.05) is 11.2 Å². The summed E-state index contributed by atoms with van der Waals surface area (Å²) in [6.07, 6.45) is 5.10. The summed E-state index contributed by atoms with van der Waals surface area (Å²) in [6.45, 7) is 2.44. The first-order chi connectivity index (χ1) is 9.86. The normalized spacial score (nSPS) is 21.7. The third kappa shape index (κ3) is 2.96. The molecule has 20 heavy (non-hydrogen) atoms. The van der Waals surface area contributed by atoms with Crippen LogP contribution in [0.15, 0.2) is 23.4 Å². The maximum Gasteiger partial charge on any atom is 0.119 e. The zero-order valence-corrected chi connectivity index (χ0v) is 11.7. The van der Waals surface area contributed by atoms with Crippen molar-refractivity contribution >= 4 is 5.71 Å². The molecule has 1 aliphatic heterocycles. The molecule has 0 aromatic heterocycles. The first-order valence-corrected chi connectivity index (χ1v) is 7.41. The van der Waals surface area contributed by atoms with Crippen LogP contribution in [-0.2, 0) is 11.2 Å². The van der Waals surface area contributed by atoms with E-state index in [0.717, 1.165) is 68.9 Å². The molecule has 1 aromatic rings. The lowest BCUT2D eigenvalue weighted by atomic mass is 9.90. The second-order valence-corrected chi connectivity index (χ2v) is 5.59. The van der Waals surface area contributed by atoms with Crippen molar-refractivity contribution in [3.05, 3.63) is 29.3 Å². The lowest BCUT2D eigenvalue weighted by molar-refractivity contribution is 0.0497. The van der Waals surface area contributed by atoms with E-state index in [1.807, 2.05) is 12.1 Å². The first-order valence-electron chi connectivity index (χ1n) is 7.41. The van der Waals surface area contributed by atoms with E-state index in [4.69, 9.17) is 14.7 Å². The number of fused-ring (bicyclic) bond motifs is 1. The van der Waals surface area contributed by atoms with Crippen LogP contribution in [0.5, 0.6) is 5.75 Å². The number of ether oxygens (including phenoxy) is 2. The predicted octanol–water partition coefficient (Wildman–Crippen LogP) is 3.01. The standard InChI is InChI=1S/C16H21NO3/c18-17-16-3-1-2-13-4-5-14(10-15(13)16)20-11-12-6-8-19-9-7-12/h4-5,10,12,18H,1-3,6-9,11H2/b17-16-. The van der Waals surface area contributed by atoms with Gasteiger partial charge in [-0.25, -0.2) is 0 Å². The fraction of sp³-hybridized carbons (Fsp3) is 0.562. The van der Waals surface area contributed by atoms with Gasteiger partial charge in [-0.05, 0) is 55.7 Å². The summed E-state index contributed by atoms with van der Waals surface area (Å²) in [5.41, 5.74) is 3.08. The van der Waals surface area contributed by atoms with E-state index in [1.165, 1.54) is 5.56 Å². The monoisotopic (exact) mass is 275 g/mol. The van der Waals surface area contributed by atoms with Gasteiger partial charge in [-0.2, -0.15) is 0 Å². The van der Waals surface area contributed by atoms with E-state index in [1.54, 1.807) is 0 Å². The Bertz CT molecular complexity index is 492. The van der Waals surface area contributed by atoms with Gasteiger partial charge in [0.15, 0.2) is 0 Å². The molecule has 0 amide bonds. The highest BCUT2D eigenvalue weighted by Crippen LogP contribution is 2.26. The molecular weight excluding hydrogens is 254 g/mol. The van der Waals surface area contributed by atoms with Crippen LogP contribution in [0.1, 0.15) is 36.8 Å². The van der Waals surface area contributed by atoms with Gasteiger partial charge < -0.3 is 14.7 Å². The molecule has 2 aliphatic rings. The van der Waals surface area contributed by atoms with Gasteiger partial charge in [0.05, 0.1) is 12.3 Å². The van der Waals surface area contributed by atoms with Crippen LogP contribution in [0.25, 0.3) is 0 Å². The molecule has 108 valence electrons. The van der Waals surface area contributed by atoms with Crippen molar-refractivity contribution < 1.29 is 14.7 Å². The van der Waals surface area contributed by atoms with E-state index >= 15 is 0 Å². The average Bonchev–Trinajstić information content (AvgIpc) is 2.53. The predicted molar refractivity (Wildman–Crippen MR) is 76.7 cm³/mol. The van der Waals surface area contributed by atoms with Gasteiger partial charge in [-0.3, -0.25) is 0 Å². The molecule has 4 nitrogen and oxygen atoms in total. The summed E-state index contributed by atoms with van der Waals surface area (Å²) in [4.78, 5) is 0. The van der Waals surface area contributed by atoms with Crippen molar-refractivity contribution in [3.8, 4) is 5.75 Å². The van der Waals surface area contributed by atoms with Crippen molar-refractivity contribution in [1.29, 1.82) is 0 Å². The Hall–Kier alpha value is -1.55. The molecule has 1 N–H and O–H groups in total. The number of hydrogen-bond acceptors (Lipinski definition) is 4. The van der Waals surface area contributed by atoms with Crippen molar-refractivity contribution in [2.45, 2.75) is 32.1 Å². The zero-order chi connectivity index (χ0) is 13.8. The molecule has 4 heteroatoms. The van der Waals surface area contributed by atoms with Crippen molar-refractivity contribution in [1.82, 2.24) is 0 Å². The van der Waals surface area contributed by atoms with Gasteiger partial charge in [0.25, 0.3) is 0 Å². The molecule has 0 bridgehead atoms. The smallest absolute Gasteiger partial charge is 0.119 e. The molecule has 1 aliphatic carbocycles. The van der Waals surface area contributed by atoms with Gasteiger partial charge in [0.2, 0.25) is 0 Å². The summed E-state index contributed by atoms with van der Waals surface area (Å²) in [5, 5.41) is 12.5. The maximum absolute atomic E-state index is 9.10. The van der Waals surface area contributed by atoms with E-state index in [2.05, 4.69) is 11.2 Å². The van der Waals surface area contributed by atoms with Crippen LogP contribution < -0.4 is 4.74 Å². The van der Waals surface area contributed by atoms with Gasteiger partial charge in [0.1, 0.15) is 5.75 Å². The molecule has 0 unspecified atom stereocenters. The fourth-order valence-electron chi connectivity index (χ4n) is 2.94. The van der Waals surface area contributed by atoms with E-state index in [-0.39, 0.29) is 0 Å². The highest BCUT2D eigenvalue weighted by atomic mass is 16.5. The maximum atomic E-state index is 9.10. The zero-order valence-electron chi connectivity index (χ0n) is 11.7. The number of rotatable bonds is 3. The molecule has 0 radical (unpaired) electrons. The van der Waals surface area contributed by atoms with E-state index < -0.39 is 0 Å². The Kier molecular flexibility index (Phi) is 4.21. The van der Waals surface area contributed by atoms with Crippen LogP contribution in [-0.4, -0.2) is 30.7 Å². The quantitative estimate of drug-likeness (QED) is 0.681. The van der Waals surface area contributed by atoms with Crippen LogP contribution in [0, 0.1) is 5.92 Å². The van der Waals surface area contributed by atoms with Crippen LogP contribution in [0.2, 0.25) is 0 Å². The minimum atomic E-state index is 0.589. The number of benzene rings is 1. The summed E-state index contributed by atoms with van der Waals surface area (Å²) in [6, 6.07) is 6.14. The van der Waals surface area contributed by atoms with Crippen LogP contribution in [0.4, 0.5) is 0 Å². The minimum Gasteiger partial charge on any atom is -0.493 e. The Morgan fingerprint density at radius 2 is 2.10 bits per heavy atom. The van der Waals surface area contributed by atoms with Crippen LogP contribution >= 0.6 is 0 Å².